The van der Waals surface area contributed by atoms with Crippen molar-refractivity contribution in [2.75, 3.05) is 0 Å². The second-order valence-corrected chi connectivity index (χ2v) is 13.8. The van der Waals surface area contributed by atoms with Gasteiger partial charge in [0, 0.05) is 5.88 Å². The van der Waals surface area contributed by atoms with Gasteiger partial charge >= 0.3 is 0 Å². The highest BCUT2D eigenvalue weighted by Gasteiger charge is 2.17. The molecular weight excluding hydrogens is 296 g/mol. The Hall–Kier alpha value is -0.836. The fourth-order valence-electron chi connectivity index (χ4n) is 2.48. The van der Waals surface area contributed by atoms with Crippen LogP contribution in [0.25, 0.3) is 0 Å². The number of hydrogen-bond donors (Lipinski definition) is 0. The molecule has 0 radical (unpaired) electrons. The van der Waals surface area contributed by atoms with Crippen molar-refractivity contribution in [2.45, 2.75) is 32.4 Å². The molecule has 0 aromatic heterocycles. The van der Waals surface area contributed by atoms with Gasteiger partial charge in [-0.25, -0.2) is 0 Å². The SMILES string of the molecule is Cc1cc([SiH2]c2ccccc2CCl)cc([Si](C)(C)C)c1. The molecule has 0 spiro atoms. The highest BCUT2D eigenvalue weighted by molar-refractivity contribution is 6.89. The van der Waals surface area contributed by atoms with Gasteiger partial charge in [-0.1, -0.05) is 83.2 Å². The molecule has 0 saturated heterocycles. The molecule has 0 nitrogen and oxygen atoms in total. The minimum atomic E-state index is -1.24. The van der Waals surface area contributed by atoms with Crippen LogP contribution in [-0.2, 0) is 5.88 Å². The average molecular weight is 319 g/mol. The van der Waals surface area contributed by atoms with Crippen LogP contribution in [0.15, 0.2) is 42.5 Å². The Balaban J connectivity index is 2.36. The molecule has 0 atom stereocenters. The van der Waals surface area contributed by atoms with Crippen LogP contribution in [0.1, 0.15) is 11.1 Å². The standard InChI is InChI=1S/C17H23ClSi2/c1-13-9-15(11-16(10-13)20(2,3)4)19-17-8-6-5-7-14(17)12-18/h5-11H,12,19H2,1-4H3. The number of benzene rings is 2. The van der Waals surface area contributed by atoms with Gasteiger partial charge in [0.15, 0.2) is 0 Å². The molecule has 0 saturated carbocycles. The van der Waals surface area contributed by atoms with Gasteiger partial charge in [0.05, 0.1) is 17.6 Å². The maximum Gasteiger partial charge on any atom is 0.0879 e. The van der Waals surface area contributed by atoms with Crippen LogP contribution < -0.4 is 15.6 Å². The number of rotatable bonds is 4. The van der Waals surface area contributed by atoms with E-state index in [2.05, 4.69) is 69.0 Å². The maximum atomic E-state index is 6.06. The Bertz CT molecular complexity index is 600. The molecule has 20 heavy (non-hydrogen) atoms. The molecule has 0 amide bonds. The lowest BCUT2D eigenvalue weighted by Crippen LogP contribution is -2.41. The molecule has 0 aliphatic carbocycles. The van der Waals surface area contributed by atoms with Crippen LogP contribution in [0, 0.1) is 6.92 Å². The molecule has 2 aromatic rings. The minimum Gasteiger partial charge on any atom is -0.122 e. The maximum absolute atomic E-state index is 6.06. The lowest BCUT2D eigenvalue weighted by Gasteiger charge is -2.19. The van der Waals surface area contributed by atoms with Crippen molar-refractivity contribution in [3.63, 3.8) is 0 Å². The minimum absolute atomic E-state index is 0.437. The zero-order valence-corrected chi connectivity index (χ0v) is 16.0. The first-order valence-corrected chi connectivity index (χ1v) is 12.6. The first-order valence-electron chi connectivity index (χ1n) is 7.14. The summed E-state index contributed by atoms with van der Waals surface area (Å²) in [5.74, 6) is 0.621. The second-order valence-electron chi connectivity index (χ2n) is 6.54. The summed E-state index contributed by atoms with van der Waals surface area (Å²) < 4.78 is 0. The van der Waals surface area contributed by atoms with E-state index < -0.39 is 17.6 Å². The van der Waals surface area contributed by atoms with Crippen LogP contribution in [0.5, 0.6) is 0 Å². The second kappa shape index (κ2) is 6.29. The summed E-state index contributed by atoms with van der Waals surface area (Å²) in [7, 11) is -1.68. The molecule has 0 aliphatic rings. The smallest absolute Gasteiger partial charge is 0.0879 e. The van der Waals surface area contributed by atoms with E-state index in [1.165, 1.54) is 16.3 Å². The predicted molar refractivity (Wildman–Crippen MR) is 98.0 cm³/mol. The topological polar surface area (TPSA) is 0 Å². The van der Waals surface area contributed by atoms with E-state index in [1.807, 2.05) is 0 Å². The molecule has 0 fully saturated rings. The van der Waals surface area contributed by atoms with Gasteiger partial charge in [-0.3, -0.25) is 0 Å². The zero-order valence-electron chi connectivity index (χ0n) is 12.8. The van der Waals surface area contributed by atoms with Crippen LogP contribution >= 0.6 is 11.6 Å². The van der Waals surface area contributed by atoms with Gasteiger partial charge in [-0.2, -0.15) is 0 Å². The average Bonchev–Trinajstić information content (AvgIpc) is 2.37. The summed E-state index contributed by atoms with van der Waals surface area (Å²) in [6.45, 7) is 9.47. The Morgan fingerprint density at radius 2 is 1.75 bits per heavy atom. The van der Waals surface area contributed by atoms with Crippen molar-refractivity contribution in [2.24, 2.45) is 0 Å². The first-order chi connectivity index (χ1) is 9.40. The van der Waals surface area contributed by atoms with Crippen molar-refractivity contribution >= 4 is 44.8 Å². The molecule has 2 aromatic carbocycles. The Labute approximate surface area is 131 Å². The van der Waals surface area contributed by atoms with E-state index in [9.17, 15) is 0 Å². The van der Waals surface area contributed by atoms with E-state index in [1.54, 1.807) is 10.4 Å². The zero-order chi connectivity index (χ0) is 14.8. The van der Waals surface area contributed by atoms with Gasteiger partial charge in [-0.15, -0.1) is 11.6 Å². The summed E-state index contributed by atoms with van der Waals surface area (Å²) in [5.41, 5.74) is 2.70. The third kappa shape index (κ3) is 3.84. The van der Waals surface area contributed by atoms with Crippen LogP contribution in [0.2, 0.25) is 19.6 Å². The first kappa shape index (κ1) is 15.6. The number of hydrogen-bond acceptors (Lipinski definition) is 0. The lowest BCUT2D eigenvalue weighted by molar-refractivity contribution is 1.44. The fraction of sp³-hybridized carbons (Fsp3) is 0.294. The van der Waals surface area contributed by atoms with Gasteiger partial charge in [0.1, 0.15) is 0 Å². The van der Waals surface area contributed by atoms with Crippen molar-refractivity contribution in [1.29, 1.82) is 0 Å². The molecule has 106 valence electrons. The van der Waals surface area contributed by atoms with E-state index in [-0.39, 0.29) is 0 Å². The van der Waals surface area contributed by atoms with Gasteiger partial charge < -0.3 is 0 Å². The van der Waals surface area contributed by atoms with Gasteiger partial charge in [0.2, 0.25) is 0 Å². The third-order valence-corrected chi connectivity index (χ3v) is 7.86. The van der Waals surface area contributed by atoms with Crippen molar-refractivity contribution < 1.29 is 0 Å². The molecule has 0 bridgehead atoms. The molecule has 0 unspecified atom stereocenters. The van der Waals surface area contributed by atoms with Crippen LogP contribution in [-0.4, -0.2) is 17.6 Å². The summed E-state index contributed by atoms with van der Waals surface area (Å²) in [5, 5.41) is 4.60. The summed E-state index contributed by atoms with van der Waals surface area (Å²) in [6, 6.07) is 15.8. The Morgan fingerprint density at radius 3 is 2.40 bits per heavy atom. The summed E-state index contributed by atoms with van der Waals surface area (Å²) in [4.78, 5) is 0. The molecule has 2 rings (SSSR count). The fourth-order valence-corrected chi connectivity index (χ4v) is 6.29. The quantitative estimate of drug-likeness (QED) is 0.600. The highest BCUT2D eigenvalue weighted by Crippen LogP contribution is 2.04. The molecule has 3 heteroatoms. The monoisotopic (exact) mass is 318 g/mol. The van der Waals surface area contributed by atoms with Crippen molar-refractivity contribution in [3.8, 4) is 0 Å². The van der Waals surface area contributed by atoms with Gasteiger partial charge in [-0.05, 0) is 12.5 Å². The number of halogens is 1. The van der Waals surface area contributed by atoms with Gasteiger partial charge in [0.25, 0.3) is 0 Å². The van der Waals surface area contributed by atoms with E-state index in [0.29, 0.717) is 5.88 Å². The third-order valence-electron chi connectivity index (χ3n) is 3.66. The Kier molecular flexibility index (Phi) is 4.89. The van der Waals surface area contributed by atoms with Crippen molar-refractivity contribution in [3.05, 3.63) is 53.6 Å². The van der Waals surface area contributed by atoms with Crippen LogP contribution in [0.4, 0.5) is 0 Å². The van der Waals surface area contributed by atoms with Crippen molar-refractivity contribution in [1.82, 2.24) is 0 Å². The number of aryl methyl sites for hydroxylation is 1. The van der Waals surface area contributed by atoms with Crippen LogP contribution in [0.3, 0.4) is 0 Å². The lowest BCUT2D eigenvalue weighted by atomic mass is 10.2. The number of alkyl halides is 1. The molecule has 0 heterocycles. The van der Waals surface area contributed by atoms with E-state index >= 15 is 0 Å². The molecule has 0 aliphatic heterocycles. The van der Waals surface area contributed by atoms with E-state index in [0.717, 1.165) is 0 Å². The van der Waals surface area contributed by atoms with E-state index in [4.69, 9.17) is 11.6 Å². The molecular formula is C17H23ClSi2. The summed E-state index contributed by atoms with van der Waals surface area (Å²) in [6.07, 6.45) is 0. The predicted octanol–water partition coefficient (Wildman–Crippen LogP) is 2.40. The largest absolute Gasteiger partial charge is 0.122 e. The Morgan fingerprint density at radius 1 is 1.05 bits per heavy atom. The summed E-state index contributed by atoms with van der Waals surface area (Å²) >= 11 is 6.06. The highest BCUT2D eigenvalue weighted by atomic mass is 35.5. The molecule has 0 N–H and O–H groups in total. The normalized spacial score (nSPS) is 12.2.